The molecule has 2 saturated heterocycles. The van der Waals surface area contributed by atoms with Gasteiger partial charge in [-0.2, -0.15) is 0 Å². The van der Waals surface area contributed by atoms with Gasteiger partial charge in [-0.25, -0.2) is 4.79 Å². The van der Waals surface area contributed by atoms with Crippen molar-refractivity contribution in [2.24, 2.45) is 0 Å². The molecule has 0 aliphatic carbocycles. The molecule has 146 valence electrons. The zero-order valence-corrected chi connectivity index (χ0v) is 16.1. The van der Waals surface area contributed by atoms with Gasteiger partial charge >= 0.3 is 6.03 Å². The lowest BCUT2D eigenvalue weighted by Crippen LogP contribution is -2.40. The molecule has 0 radical (unpaired) electrons. The SMILES string of the molecule is CC1(C)NC(=O)N(CCCC(=O)Nc2ccc(N3CCCCC3)cc2)C1=O. The molecule has 1 aromatic rings. The van der Waals surface area contributed by atoms with Crippen LogP contribution in [0.1, 0.15) is 46.0 Å². The number of nitrogens with zero attached hydrogens (tertiary/aromatic N) is 2. The summed E-state index contributed by atoms with van der Waals surface area (Å²) in [5, 5.41) is 5.51. The number of carbonyl (C=O) groups excluding carboxylic acids is 3. The van der Waals surface area contributed by atoms with Crippen LogP contribution in [-0.2, 0) is 9.59 Å². The van der Waals surface area contributed by atoms with E-state index in [1.807, 2.05) is 24.3 Å². The predicted octanol–water partition coefficient (Wildman–Crippen LogP) is 2.73. The van der Waals surface area contributed by atoms with E-state index in [9.17, 15) is 14.4 Å². The largest absolute Gasteiger partial charge is 0.372 e. The van der Waals surface area contributed by atoms with Crippen LogP contribution in [0, 0.1) is 0 Å². The summed E-state index contributed by atoms with van der Waals surface area (Å²) in [6, 6.07) is 7.52. The Hall–Kier alpha value is -2.57. The molecule has 2 heterocycles. The fourth-order valence-electron chi connectivity index (χ4n) is 3.55. The molecule has 2 fully saturated rings. The first-order valence-corrected chi connectivity index (χ1v) is 9.66. The van der Waals surface area contributed by atoms with E-state index in [-0.39, 0.29) is 24.8 Å². The van der Waals surface area contributed by atoms with Gasteiger partial charge in [-0.05, 0) is 63.8 Å². The summed E-state index contributed by atoms with van der Waals surface area (Å²) in [5.74, 6) is -0.367. The number of benzene rings is 1. The Balaban J connectivity index is 1.44. The summed E-state index contributed by atoms with van der Waals surface area (Å²) < 4.78 is 0. The zero-order chi connectivity index (χ0) is 19.4. The van der Waals surface area contributed by atoms with Crippen LogP contribution in [0.4, 0.5) is 16.2 Å². The molecule has 1 aromatic carbocycles. The summed E-state index contributed by atoms with van der Waals surface area (Å²) >= 11 is 0. The molecule has 2 N–H and O–H groups in total. The maximum atomic E-state index is 12.1. The van der Waals surface area contributed by atoms with Gasteiger partial charge in [0.1, 0.15) is 5.54 Å². The first-order chi connectivity index (χ1) is 12.9. The highest BCUT2D eigenvalue weighted by Gasteiger charge is 2.43. The molecule has 0 bridgehead atoms. The molecule has 7 heteroatoms. The smallest absolute Gasteiger partial charge is 0.325 e. The normalized spacial score (nSPS) is 19.2. The number of hydrogen-bond donors (Lipinski definition) is 2. The Bertz CT molecular complexity index is 708. The predicted molar refractivity (Wildman–Crippen MR) is 105 cm³/mol. The highest BCUT2D eigenvalue weighted by Crippen LogP contribution is 2.22. The summed E-state index contributed by atoms with van der Waals surface area (Å²) in [6.45, 7) is 5.77. The molecule has 0 saturated carbocycles. The highest BCUT2D eigenvalue weighted by molar-refractivity contribution is 6.06. The van der Waals surface area contributed by atoms with Crippen LogP contribution in [0.5, 0.6) is 0 Å². The molecule has 4 amide bonds. The van der Waals surface area contributed by atoms with Crippen molar-refractivity contribution in [3.8, 4) is 0 Å². The molecule has 27 heavy (non-hydrogen) atoms. The van der Waals surface area contributed by atoms with Crippen LogP contribution in [0.25, 0.3) is 0 Å². The third-order valence-corrected chi connectivity index (χ3v) is 5.10. The Labute approximate surface area is 160 Å². The van der Waals surface area contributed by atoms with Crippen molar-refractivity contribution in [3.05, 3.63) is 24.3 Å². The minimum atomic E-state index is -0.866. The number of rotatable bonds is 6. The fourth-order valence-corrected chi connectivity index (χ4v) is 3.55. The molecular formula is C20H28N4O3. The van der Waals surface area contributed by atoms with Gasteiger partial charge in [-0.15, -0.1) is 0 Å². The average Bonchev–Trinajstić information content (AvgIpc) is 2.84. The van der Waals surface area contributed by atoms with Crippen molar-refractivity contribution in [3.63, 3.8) is 0 Å². The van der Waals surface area contributed by atoms with Crippen LogP contribution in [0.3, 0.4) is 0 Å². The maximum Gasteiger partial charge on any atom is 0.325 e. The van der Waals surface area contributed by atoms with E-state index in [2.05, 4.69) is 15.5 Å². The van der Waals surface area contributed by atoms with Gasteiger partial charge in [-0.1, -0.05) is 0 Å². The molecule has 0 unspecified atom stereocenters. The van der Waals surface area contributed by atoms with Crippen molar-refractivity contribution in [2.75, 3.05) is 29.9 Å². The lowest BCUT2D eigenvalue weighted by atomic mass is 10.1. The molecule has 0 atom stereocenters. The molecule has 3 rings (SSSR count). The van der Waals surface area contributed by atoms with Crippen LogP contribution in [0.2, 0.25) is 0 Å². The van der Waals surface area contributed by atoms with Crippen LogP contribution in [0.15, 0.2) is 24.3 Å². The molecule has 0 aromatic heterocycles. The number of nitrogens with one attached hydrogen (secondary N) is 2. The number of carbonyl (C=O) groups is 3. The quantitative estimate of drug-likeness (QED) is 0.753. The second-order valence-corrected chi connectivity index (χ2v) is 7.76. The molecule has 7 nitrogen and oxygen atoms in total. The van der Waals surface area contributed by atoms with E-state index in [0.717, 1.165) is 18.8 Å². The first kappa shape index (κ1) is 19.2. The van der Waals surface area contributed by atoms with E-state index < -0.39 is 11.6 Å². The van der Waals surface area contributed by atoms with Gasteiger partial charge in [0.15, 0.2) is 0 Å². The van der Waals surface area contributed by atoms with E-state index in [0.29, 0.717) is 6.42 Å². The van der Waals surface area contributed by atoms with Crippen molar-refractivity contribution >= 4 is 29.2 Å². The summed E-state index contributed by atoms with van der Waals surface area (Å²) in [6.07, 6.45) is 4.45. The van der Waals surface area contributed by atoms with Gasteiger partial charge in [-0.3, -0.25) is 14.5 Å². The van der Waals surface area contributed by atoms with E-state index in [4.69, 9.17) is 0 Å². The monoisotopic (exact) mass is 372 g/mol. The van der Waals surface area contributed by atoms with Crippen LogP contribution in [-0.4, -0.2) is 47.9 Å². The minimum absolute atomic E-state index is 0.118. The Morgan fingerprint density at radius 3 is 2.37 bits per heavy atom. The number of piperidine rings is 1. The number of imide groups is 1. The fraction of sp³-hybridized carbons (Fsp3) is 0.550. The molecule has 2 aliphatic rings. The second kappa shape index (κ2) is 7.98. The molecule has 0 spiro atoms. The first-order valence-electron chi connectivity index (χ1n) is 9.66. The van der Waals surface area contributed by atoms with Crippen LogP contribution >= 0.6 is 0 Å². The third-order valence-electron chi connectivity index (χ3n) is 5.10. The van der Waals surface area contributed by atoms with Crippen molar-refractivity contribution < 1.29 is 14.4 Å². The topological polar surface area (TPSA) is 81.8 Å². The summed E-state index contributed by atoms with van der Waals surface area (Å²) in [5.41, 5.74) is 1.08. The van der Waals surface area contributed by atoms with E-state index in [1.54, 1.807) is 13.8 Å². The van der Waals surface area contributed by atoms with Crippen molar-refractivity contribution in [1.82, 2.24) is 10.2 Å². The van der Waals surface area contributed by atoms with Gasteiger partial charge in [0.2, 0.25) is 5.91 Å². The number of urea groups is 1. The van der Waals surface area contributed by atoms with Gasteiger partial charge in [0, 0.05) is 37.4 Å². The van der Waals surface area contributed by atoms with Gasteiger partial charge < -0.3 is 15.5 Å². The van der Waals surface area contributed by atoms with Crippen LogP contribution < -0.4 is 15.5 Å². The number of amides is 4. The summed E-state index contributed by atoms with van der Waals surface area (Å²) in [7, 11) is 0. The van der Waals surface area contributed by atoms with Crippen molar-refractivity contribution in [1.29, 1.82) is 0 Å². The zero-order valence-electron chi connectivity index (χ0n) is 16.1. The van der Waals surface area contributed by atoms with Gasteiger partial charge in [0.25, 0.3) is 5.91 Å². The standard InChI is InChI=1S/C20H28N4O3/c1-20(2)18(26)24(19(27)22-20)14-6-7-17(25)21-15-8-10-16(11-9-15)23-12-4-3-5-13-23/h8-11H,3-7,12-14H2,1-2H3,(H,21,25)(H,22,27). The second-order valence-electron chi connectivity index (χ2n) is 7.76. The van der Waals surface area contributed by atoms with E-state index >= 15 is 0 Å². The average molecular weight is 372 g/mol. The number of anilines is 2. The number of hydrogen-bond acceptors (Lipinski definition) is 4. The van der Waals surface area contributed by atoms with Gasteiger partial charge in [0.05, 0.1) is 0 Å². The minimum Gasteiger partial charge on any atom is -0.372 e. The maximum absolute atomic E-state index is 12.1. The third kappa shape index (κ3) is 4.59. The summed E-state index contributed by atoms with van der Waals surface area (Å²) in [4.78, 5) is 39.6. The Kier molecular flexibility index (Phi) is 5.68. The molecule has 2 aliphatic heterocycles. The van der Waals surface area contributed by atoms with E-state index in [1.165, 1.54) is 29.8 Å². The highest BCUT2D eigenvalue weighted by atomic mass is 16.2. The Morgan fingerprint density at radius 1 is 1.11 bits per heavy atom. The Morgan fingerprint density at radius 2 is 1.78 bits per heavy atom. The van der Waals surface area contributed by atoms with Crippen molar-refractivity contribution in [2.45, 2.75) is 51.5 Å². The molecular weight excluding hydrogens is 344 g/mol. The lowest BCUT2D eigenvalue weighted by molar-refractivity contribution is -0.130. The lowest BCUT2D eigenvalue weighted by Gasteiger charge is -2.28.